The Morgan fingerprint density at radius 2 is 1.86 bits per heavy atom. The zero-order valence-electron chi connectivity index (χ0n) is 12.5. The summed E-state index contributed by atoms with van der Waals surface area (Å²) in [5.41, 5.74) is 1.34. The number of nitrogens with zero attached hydrogens (tertiary/aromatic N) is 1. The second kappa shape index (κ2) is 5.88. The summed E-state index contributed by atoms with van der Waals surface area (Å²) in [5, 5.41) is 2.99. The first kappa shape index (κ1) is 14.1. The Morgan fingerprint density at radius 1 is 1.14 bits per heavy atom. The normalized spacial score (nSPS) is 23.5. The molecule has 1 aromatic rings. The van der Waals surface area contributed by atoms with Crippen molar-refractivity contribution in [3.05, 3.63) is 29.8 Å². The van der Waals surface area contributed by atoms with Crippen LogP contribution in [0.5, 0.6) is 0 Å². The van der Waals surface area contributed by atoms with Crippen molar-refractivity contribution in [3.8, 4) is 0 Å². The maximum atomic E-state index is 12.9. The summed E-state index contributed by atoms with van der Waals surface area (Å²) in [7, 11) is 0. The molecule has 0 bridgehead atoms. The number of carbonyl (C=O) groups is 2. The van der Waals surface area contributed by atoms with Crippen molar-refractivity contribution in [1.29, 1.82) is 0 Å². The third-order valence-corrected chi connectivity index (χ3v) is 4.70. The molecule has 1 N–H and O–H groups in total. The highest BCUT2D eigenvalue weighted by molar-refractivity contribution is 6.11. The van der Waals surface area contributed by atoms with Crippen molar-refractivity contribution < 1.29 is 9.59 Å². The molecule has 4 nitrogen and oxygen atoms in total. The zero-order valence-corrected chi connectivity index (χ0v) is 12.5. The number of rotatable bonds is 2. The highest BCUT2D eigenvalue weighted by atomic mass is 16.2. The van der Waals surface area contributed by atoms with Crippen LogP contribution in [0.4, 0.5) is 5.69 Å². The van der Waals surface area contributed by atoms with Gasteiger partial charge in [-0.25, -0.2) is 0 Å². The standard InChI is InChI=1S/C17H22N2O2/c1-2-19-14-11-7-6-10-13(14)16(20)18-15(17(19)21)12-8-4-3-5-9-12/h6-7,10-12,15H,2-5,8-9H2,1H3,(H,18,20). The van der Waals surface area contributed by atoms with Crippen LogP contribution >= 0.6 is 0 Å². The number of fused-ring (bicyclic) bond motifs is 1. The van der Waals surface area contributed by atoms with Crippen molar-refractivity contribution >= 4 is 17.5 Å². The number of benzene rings is 1. The molecule has 4 heteroatoms. The molecule has 112 valence electrons. The summed E-state index contributed by atoms with van der Waals surface area (Å²) in [4.78, 5) is 27.1. The van der Waals surface area contributed by atoms with Crippen molar-refractivity contribution in [2.75, 3.05) is 11.4 Å². The lowest BCUT2D eigenvalue weighted by Gasteiger charge is -2.31. The molecule has 0 aromatic heterocycles. The molecule has 1 aromatic carbocycles. The van der Waals surface area contributed by atoms with Crippen LogP contribution in [0.25, 0.3) is 0 Å². The lowest BCUT2D eigenvalue weighted by Crippen LogP contribution is -2.50. The van der Waals surface area contributed by atoms with Gasteiger partial charge in [0, 0.05) is 6.54 Å². The third kappa shape index (κ3) is 2.55. The van der Waals surface area contributed by atoms with Crippen molar-refractivity contribution in [3.63, 3.8) is 0 Å². The number of likely N-dealkylation sites (N-methyl/N-ethyl adjacent to an activating group) is 1. The van der Waals surface area contributed by atoms with E-state index in [2.05, 4.69) is 5.32 Å². The summed E-state index contributed by atoms with van der Waals surface area (Å²) in [6, 6.07) is 7.01. The number of para-hydroxylation sites is 1. The highest BCUT2D eigenvalue weighted by Gasteiger charge is 2.37. The van der Waals surface area contributed by atoms with E-state index < -0.39 is 0 Å². The van der Waals surface area contributed by atoms with Gasteiger partial charge in [0.1, 0.15) is 6.04 Å². The Balaban J connectivity index is 1.97. The SMILES string of the molecule is CCN1C(=O)C(C2CCCCC2)NC(=O)c2ccccc21. The first-order chi connectivity index (χ1) is 10.2. The van der Waals surface area contributed by atoms with Crippen molar-refractivity contribution in [1.82, 2.24) is 5.32 Å². The molecule has 2 aliphatic rings. The van der Waals surface area contributed by atoms with E-state index in [4.69, 9.17) is 0 Å². The second-order valence-electron chi connectivity index (χ2n) is 5.95. The number of carbonyl (C=O) groups excluding carboxylic acids is 2. The highest BCUT2D eigenvalue weighted by Crippen LogP contribution is 2.31. The zero-order chi connectivity index (χ0) is 14.8. The number of anilines is 1. The van der Waals surface area contributed by atoms with Crippen LogP contribution in [0.3, 0.4) is 0 Å². The summed E-state index contributed by atoms with van der Waals surface area (Å²) in [6.07, 6.45) is 5.62. The number of amides is 2. The Morgan fingerprint density at radius 3 is 2.57 bits per heavy atom. The van der Waals surface area contributed by atoms with Crippen LogP contribution in [-0.4, -0.2) is 24.4 Å². The van der Waals surface area contributed by atoms with Crippen LogP contribution in [0, 0.1) is 5.92 Å². The van der Waals surface area contributed by atoms with Crippen LogP contribution in [0.15, 0.2) is 24.3 Å². The molecule has 1 aliphatic heterocycles. The molecule has 0 spiro atoms. The fourth-order valence-electron chi connectivity index (χ4n) is 3.58. The summed E-state index contributed by atoms with van der Waals surface area (Å²) in [6.45, 7) is 2.55. The van der Waals surface area contributed by atoms with Gasteiger partial charge in [0.05, 0.1) is 11.3 Å². The number of hydrogen-bond acceptors (Lipinski definition) is 2. The molecule has 21 heavy (non-hydrogen) atoms. The van der Waals surface area contributed by atoms with Crippen molar-refractivity contribution in [2.24, 2.45) is 5.92 Å². The minimum atomic E-state index is -0.370. The average Bonchev–Trinajstić information content (AvgIpc) is 2.64. The van der Waals surface area contributed by atoms with Crippen LogP contribution in [-0.2, 0) is 4.79 Å². The molecule has 1 fully saturated rings. The number of nitrogens with one attached hydrogen (secondary N) is 1. The molecule has 1 heterocycles. The summed E-state index contributed by atoms with van der Waals surface area (Å²) in [5.74, 6) is 0.201. The quantitative estimate of drug-likeness (QED) is 0.908. The molecule has 2 amide bonds. The summed E-state index contributed by atoms with van der Waals surface area (Å²) >= 11 is 0. The smallest absolute Gasteiger partial charge is 0.254 e. The largest absolute Gasteiger partial charge is 0.340 e. The van der Waals surface area contributed by atoms with Gasteiger partial charge in [0.25, 0.3) is 5.91 Å². The van der Waals surface area contributed by atoms with E-state index in [1.54, 1.807) is 11.0 Å². The lowest BCUT2D eigenvalue weighted by atomic mass is 9.83. The van der Waals surface area contributed by atoms with E-state index in [-0.39, 0.29) is 23.8 Å². The van der Waals surface area contributed by atoms with Gasteiger partial charge in [-0.05, 0) is 37.8 Å². The van der Waals surface area contributed by atoms with E-state index in [0.717, 1.165) is 31.4 Å². The fraction of sp³-hybridized carbons (Fsp3) is 0.529. The van der Waals surface area contributed by atoms with E-state index in [1.807, 2.05) is 25.1 Å². The Labute approximate surface area is 125 Å². The molecular formula is C17H22N2O2. The lowest BCUT2D eigenvalue weighted by molar-refractivity contribution is -0.121. The van der Waals surface area contributed by atoms with Gasteiger partial charge < -0.3 is 10.2 Å². The molecular weight excluding hydrogens is 264 g/mol. The molecule has 1 atom stereocenters. The van der Waals surface area contributed by atoms with E-state index >= 15 is 0 Å². The van der Waals surface area contributed by atoms with E-state index in [9.17, 15) is 9.59 Å². The van der Waals surface area contributed by atoms with Gasteiger partial charge in [-0.2, -0.15) is 0 Å². The summed E-state index contributed by atoms with van der Waals surface area (Å²) < 4.78 is 0. The molecule has 1 unspecified atom stereocenters. The van der Waals surface area contributed by atoms with Gasteiger partial charge in [0.2, 0.25) is 5.91 Å². The Hall–Kier alpha value is -1.84. The third-order valence-electron chi connectivity index (χ3n) is 4.70. The maximum Gasteiger partial charge on any atom is 0.254 e. The van der Waals surface area contributed by atoms with E-state index in [0.29, 0.717) is 12.1 Å². The van der Waals surface area contributed by atoms with Crippen LogP contribution in [0.1, 0.15) is 49.4 Å². The van der Waals surface area contributed by atoms with Gasteiger partial charge in [-0.3, -0.25) is 9.59 Å². The van der Waals surface area contributed by atoms with Crippen LogP contribution in [0.2, 0.25) is 0 Å². The first-order valence-corrected chi connectivity index (χ1v) is 7.93. The molecule has 0 radical (unpaired) electrons. The number of hydrogen-bond donors (Lipinski definition) is 1. The minimum Gasteiger partial charge on any atom is -0.340 e. The molecule has 0 saturated heterocycles. The van der Waals surface area contributed by atoms with Gasteiger partial charge in [-0.15, -0.1) is 0 Å². The Bertz CT molecular complexity index is 549. The van der Waals surface area contributed by atoms with E-state index in [1.165, 1.54) is 6.42 Å². The van der Waals surface area contributed by atoms with Gasteiger partial charge in [0.15, 0.2) is 0 Å². The van der Waals surface area contributed by atoms with Gasteiger partial charge in [-0.1, -0.05) is 31.4 Å². The first-order valence-electron chi connectivity index (χ1n) is 7.93. The molecule has 1 aliphatic carbocycles. The Kier molecular flexibility index (Phi) is 3.95. The van der Waals surface area contributed by atoms with Crippen molar-refractivity contribution in [2.45, 2.75) is 45.1 Å². The topological polar surface area (TPSA) is 49.4 Å². The minimum absolute atomic E-state index is 0.0442. The predicted molar refractivity (Wildman–Crippen MR) is 82.3 cm³/mol. The van der Waals surface area contributed by atoms with Crippen LogP contribution < -0.4 is 10.2 Å². The molecule has 1 saturated carbocycles. The van der Waals surface area contributed by atoms with Gasteiger partial charge >= 0.3 is 0 Å². The monoisotopic (exact) mass is 286 g/mol. The predicted octanol–water partition coefficient (Wildman–Crippen LogP) is 2.73. The molecule has 3 rings (SSSR count). The second-order valence-corrected chi connectivity index (χ2v) is 5.95. The average molecular weight is 286 g/mol. The maximum absolute atomic E-state index is 12.9. The fourth-order valence-corrected chi connectivity index (χ4v) is 3.58.